The number of hydrogen-bond acceptors (Lipinski definition) is 8. The SMILES string of the molecule is CC[C@@H]1CC[C@H](F)[C@H](N(c2cnc(-c3ccc(-c4nc(C#N)cs4)cc3O)nn2)C2CC2)C1. The van der Waals surface area contributed by atoms with E-state index in [1.807, 2.05) is 12.1 Å². The average Bonchev–Trinajstić information content (AvgIpc) is 3.55. The number of alkyl halides is 1. The van der Waals surface area contributed by atoms with Gasteiger partial charge in [-0.1, -0.05) is 19.4 Å². The topological polar surface area (TPSA) is 98.8 Å². The molecule has 1 N–H and O–H groups in total. The molecular weight excluding hydrogens is 439 g/mol. The summed E-state index contributed by atoms with van der Waals surface area (Å²) in [5, 5.41) is 30.6. The van der Waals surface area contributed by atoms with Crippen LogP contribution in [0.4, 0.5) is 10.2 Å². The molecule has 3 aromatic rings. The van der Waals surface area contributed by atoms with E-state index in [1.54, 1.807) is 23.7 Å². The minimum Gasteiger partial charge on any atom is -0.507 e. The highest BCUT2D eigenvalue weighted by Crippen LogP contribution is 2.40. The largest absolute Gasteiger partial charge is 0.507 e. The fourth-order valence-corrected chi connectivity index (χ4v) is 5.40. The number of aromatic hydroxyl groups is 1. The molecule has 0 spiro atoms. The Bertz CT molecular complexity index is 1170. The van der Waals surface area contributed by atoms with Gasteiger partial charge < -0.3 is 10.0 Å². The molecule has 7 nitrogen and oxygen atoms in total. The molecule has 2 aliphatic rings. The minimum absolute atomic E-state index is 0.0108. The predicted octanol–water partition coefficient (Wildman–Crippen LogP) is 5.12. The molecule has 1 aromatic carbocycles. The van der Waals surface area contributed by atoms with Crippen molar-refractivity contribution in [2.75, 3.05) is 4.90 Å². The summed E-state index contributed by atoms with van der Waals surface area (Å²) in [5.41, 5.74) is 1.52. The zero-order chi connectivity index (χ0) is 22.9. The second-order valence-corrected chi connectivity index (χ2v) is 9.69. The van der Waals surface area contributed by atoms with Crippen molar-refractivity contribution in [1.29, 1.82) is 5.26 Å². The van der Waals surface area contributed by atoms with Gasteiger partial charge in [0, 0.05) is 17.0 Å². The van der Waals surface area contributed by atoms with Crippen molar-refractivity contribution >= 4 is 17.2 Å². The molecule has 0 amide bonds. The van der Waals surface area contributed by atoms with E-state index in [0.717, 1.165) is 32.1 Å². The molecule has 0 saturated heterocycles. The fraction of sp³-hybridized carbons (Fsp3) is 0.458. The smallest absolute Gasteiger partial charge is 0.185 e. The van der Waals surface area contributed by atoms with Crippen molar-refractivity contribution in [2.45, 2.75) is 63.7 Å². The van der Waals surface area contributed by atoms with Crippen LogP contribution in [0, 0.1) is 17.2 Å². The summed E-state index contributed by atoms with van der Waals surface area (Å²) in [7, 11) is 0. The van der Waals surface area contributed by atoms with Crippen LogP contribution in [0.5, 0.6) is 5.75 Å². The second kappa shape index (κ2) is 9.02. The normalized spacial score (nSPS) is 22.6. The minimum atomic E-state index is -0.862. The van der Waals surface area contributed by atoms with Gasteiger partial charge in [0.15, 0.2) is 17.3 Å². The molecule has 0 radical (unpaired) electrons. The van der Waals surface area contributed by atoms with Crippen LogP contribution in [0.25, 0.3) is 22.0 Å². The Hall–Kier alpha value is -3.12. The maximum atomic E-state index is 14.9. The first-order valence-electron chi connectivity index (χ1n) is 11.4. The van der Waals surface area contributed by atoms with E-state index in [0.29, 0.717) is 51.9 Å². The maximum Gasteiger partial charge on any atom is 0.185 e. The van der Waals surface area contributed by atoms with Gasteiger partial charge >= 0.3 is 0 Å². The summed E-state index contributed by atoms with van der Waals surface area (Å²) in [6, 6.07) is 7.25. The number of anilines is 1. The number of thiazole rings is 1. The standard InChI is InChI=1S/C24H25FN6OS/c1-2-14-3-8-19(25)20(9-14)31(17-5-6-17)22-12-27-23(30-29-22)18-7-4-15(10-21(18)32)24-28-16(11-26)13-33-24/h4,7,10,12-14,17,19-20,32H,2-3,5-6,8-9H2,1H3/t14-,19+,20-/m1/s1. The van der Waals surface area contributed by atoms with E-state index in [2.05, 4.69) is 32.0 Å². The number of aromatic nitrogens is 4. The van der Waals surface area contributed by atoms with Gasteiger partial charge in [-0.25, -0.2) is 14.4 Å². The summed E-state index contributed by atoms with van der Waals surface area (Å²) < 4.78 is 14.9. The number of phenolic OH excluding ortho intramolecular Hbond substituents is 1. The third-order valence-electron chi connectivity index (χ3n) is 6.64. The summed E-state index contributed by atoms with van der Waals surface area (Å²) in [5.74, 6) is 1.47. The Morgan fingerprint density at radius 1 is 1.24 bits per heavy atom. The van der Waals surface area contributed by atoms with Crippen molar-refractivity contribution in [2.24, 2.45) is 5.92 Å². The van der Waals surface area contributed by atoms with Gasteiger partial charge in [0.2, 0.25) is 0 Å². The Balaban J connectivity index is 1.39. The number of halogens is 1. The first-order valence-corrected chi connectivity index (χ1v) is 12.3. The van der Waals surface area contributed by atoms with Crippen LogP contribution in [-0.4, -0.2) is 43.5 Å². The molecule has 3 atom stereocenters. The third kappa shape index (κ3) is 4.40. The van der Waals surface area contributed by atoms with Gasteiger partial charge in [-0.05, 0) is 50.2 Å². The Labute approximate surface area is 196 Å². The van der Waals surface area contributed by atoms with Crippen LogP contribution in [0.1, 0.15) is 51.1 Å². The van der Waals surface area contributed by atoms with Crippen LogP contribution in [0.3, 0.4) is 0 Å². The van der Waals surface area contributed by atoms with E-state index >= 15 is 0 Å². The number of nitrogens with zero attached hydrogens (tertiary/aromatic N) is 6. The molecule has 2 aliphatic carbocycles. The number of nitriles is 1. The van der Waals surface area contributed by atoms with Gasteiger partial charge in [0.25, 0.3) is 0 Å². The van der Waals surface area contributed by atoms with Crippen molar-refractivity contribution in [1.82, 2.24) is 20.2 Å². The summed E-state index contributed by atoms with van der Waals surface area (Å²) in [6.07, 6.45) is 6.31. The number of hydrogen-bond donors (Lipinski definition) is 1. The Kier molecular flexibility index (Phi) is 5.94. The maximum absolute atomic E-state index is 14.9. The zero-order valence-electron chi connectivity index (χ0n) is 18.4. The molecule has 33 heavy (non-hydrogen) atoms. The summed E-state index contributed by atoms with van der Waals surface area (Å²) in [6.45, 7) is 2.17. The van der Waals surface area contributed by atoms with Gasteiger partial charge in [-0.2, -0.15) is 5.26 Å². The molecule has 9 heteroatoms. The lowest BCUT2D eigenvalue weighted by Gasteiger charge is -2.40. The summed E-state index contributed by atoms with van der Waals surface area (Å²) >= 11 is 1.34. The van der Waals surface area contributed by atoms with E-state index < -0.39 is 6.17 Å². The fourth-order valence-electron chi connectivity index (χ4n) is 4.66. The van der Waals surface area contributed by atoms with Gasteiger partial charge in [0.05, 0.1) is 17.8 Å². The molecule has 2 heterocycles. The number of rotatable bonds is 6. The van der Waals surface area contributed by atoms with Gasteiger partial charge in [-0.15, -0.1) is 21.5 Å². The first kappa shape index (κ1) is 21.7. The third-order valence-corrected chi connectivity index (χ3v) is 7.53. The van der Waals surface area contributed by atoms with E-state index in [9.17, 15) is 9.50 Å². The van der Waals surface area contributed by atoms with E-state index in [4.69, 9.17) is 5.26 Å². The first-order chi connectivity index (χ1) is 16.1. The van der Waals surface area contributed by atoms with Crippen LogP contribution in [-0.2, 0) is 0 Å². The highest BCUT2D eigenvalue weighted by molar-refractivity contribution is 7.13. The Morgan fingerprint density at radius 2 is 2.09 bits per heavy atom. The van der Waals surface area contributed by atoms with E-state index in [-0.39, 0.29) is 11.8 Å². The molecule has 0 aliphatic heterocycles. The molecule has 5 rings (SSSR count). The van der Waals surface area contributed by atoms with Crippen LogP contribution < -0.4 is 4.90 Å². The highest BCUT2D eigenvalue weighted by Gasteiger charge is 2.41. The van der Waals surface area contributed by atoms with Gasteiger partial charge in [0.1, 0.15) is 23.0 Å². The van der Waals surface area contributed by atoms with Crippen molar-refractivity contribution in [3.05, 3.63) is 35.5 Å². The number of benzene rings is 1. The molecule has 2 fully saturated rings. The van der Waals surface area contributed by atoms with Crippen molar-refractivity contribution in [3.63, 3.8) is 0 Å². The quantitative estimate of drug-likeness (QED) is 0.540. The molecule has 2 saturated carbocycles. The highest BCUT2D eigenvalue weighted by atomic mass is 32.1. The van der Waals surface area contributed by atoms with Crippen LogP contribution >= 0.6 is 11.3 Å². The van der Waals surface area contributed by atoms with E-state index in [1.165, 1.54) is 11.3 Å². The molecule has 0 bridgehead atoms. The molecule has 170 valence electrons. The molecular formula is C24H25FN6OS. The Morgan fingerprint density at radius 3 is 2.73 bits per heavy atom. The van der Waals surface area contributed by atoms with Crippen LogP contribution in [0.15, 0.2) is 29.8 Å². The predicted molar refractivity (Wildman–Crippen MR) is 125 cm³/mol. The van der Waals surface area contributed by atoms with Crippen molar-refractivity contribution < 1.29 is 9.50 Å². The van der Waals surface area contributed by atoms with Gasteiger partial charge in [-0.3, -0.25) is 0 Å². The molecule has 0 unspecified atom stereocenters. The lowest BCUT2D eigenvalue weighted by atomic mass is 9.82. The average molecular weight is 465 g/mol. The molecule has 2 aromatic heterocycles. The second-order valence-electron chi connectivity index (χ2n) is 8.83. The van der Waals surface area contributed by atoms with Crippen molar-refractivity contribution in [3.8, 4) is 33.8 Å². The monoisotopic (exact) mass is 464 g/mol. The zero-order valence-corrected chi connectivity index (χ0v) is 19.2. The lowest BCUT2D eigenvalue weighted by Crippen LogP contribution is -2.47. The number of phenols is 1. The summed E-state index contributed by atoms with van der Waals surface area (Å²) in [4.78, 5) is 10.8. The lowest BCUT2D eigenvalue weighted by molar-refractivity contribution is 0.166. The van der Waals surface area contributed by atoms with Crippen LogP contribution in [0.2, 0.25) is 0 Å².